The lowest BCUT2D eigenvalue weighted by Gasteiger charge is -2.22. The summed E-state index contributed by atoms with van der Waals surface area (Å²) < 4.78 is 11.8. The molecule has 1 unspecified atom stereocenters. The summed E-state index contributed by atoms with van der Waals surface area (Å²) in [6.45, 7) is 2.86. The van der Waals surface area contributed by atoms with Crippen molar-refractivity contribution in [3.8, 4) is 0 Å². The Morgan fingerprint density at radius 2 is 2.21 bits per heavy atom. The van der Waals surface area contributed by atoms with Gasteiger partial charge in [0.1, 0.15) is 0 Å². The SMILES string of the molecule is COCOC(=O)NCCCC(C)Cc1cn(C2CCCCC2)cn1. The Morgan fingerprint density at radius 3 is 2.96 bits per heavy atom. The highest BCUT2D eigenvalue weighted by Gasteiger charge is 2.16. The molecule has 0 spiro atoms. The summed E-state index contributed by atoms with van der Waals surface area (Å²) in [5.41, 5.74) is 1.18. The molecule has 136 valence electrons. The van der Waals surface area contributed by atoms with Gasteiger partial charge in [0, 0.05) is 25.9 Å². The minimum atomic E-state index is -0.421. The van der Waals surface area contributed by atoms with Crippen molar-refractivity contribution in [1.82, 2.24) is 14.9 Å². The number of alkyl carbamates (subject to hydrolysis) is 1. The Balaban J connectivity index is 1.62. The number of amides is 1. The van der Waals surface area contributed by atoms with Gasteiger partial charge in [0.2, 0.25) is 0 Å². The van der Waals surface area contributed by atoms with E-state index in [9.17, 15) is 4.79 Å². The number of nitrogens with zero attached hydrogens (tertiary/aromatic N) is 2. The number of methoxy groups -OCH3 is 1. The van der Waals surface area contributed by atoms with Gasteiger partial charge < -0.3 is 19.4 Å². The van der Waals surface area contributed by atoms with Gasteiger partial charge >= 0.3 is 6.09 Å². The zero-order chi connectivity index (χ0) is 17.2. The Morgan fingerprint density at radius 1 is 1.42 bits per heavy atom. The Bertz CT molecular complexity index is 484. The third-order valence-corrected chi connectivity index (χ3v) is 4.66. The molecule has 1 N–H and O–H groups in total. The lowest BCUT2D eigenvalue weighted by molar-refractivity contribution is 0.0120. The van der Waals surface area contributed by atoms with E-state index in [0.717, 1.165) is 19.3 Å². The highest BCUT2D eigenvalue weighted by atomic mass is 16.7. The first-order valence-electron chi connectivity index (χ1n) is 9.11. The number of ether oxygens (including phenoxy) is 2. The maximum Gasteiger partial charge on any atom is 0.409 e. The Kier molecular flexibility index (Phi) is 8.08. The van der Waals surface area contributed by atoms with Crippen molar-refractivity contribution in [3.63, 3.8) is 0 Å². The average molecular weight is 337 g/mol. The van der Waals surface area contributed by atoms with E-state index in [-0.39, 0.29) is 6.79 Å². The van der Waals surface area contributed by atoms with E-state index < -0.39 is 6.09 Å². The van der Waals surface area contributed by atoms with Gasteiger partial charge in [-0.3, -0.25) is 0 Å². The van der Waals surface area contributed by atoms with E-state index in [1.54, 1.807) is 0 Å². The van der Waals surface area contributed by atoms with Crippen LogP contribution in [0.5, 0.6) is 0 Å². The van der Waals surface area contributed by atoms with Crippen LogP contribution in [0.1, 0.15) is 63.6 Å². The van der Waals surface area contributed by atoms with Gasteiger partial charge in [0.25, 0.3) is 0 Å². The van der Waals surface area contributed by atoms with Crippen LogP contribution in [-0.4, -0.2) is 36.1 Å². The highest BCUT2D eigenvalue weighted by Crippen LogP contribution is 2.28. The molecule has 6 nitrogen and oxygen atoms in total. The number of hydrogen-bond acceptors (Lipinski definition) is 4. The standard InChI is InChI=1S/C18H31N3O3/c1-15(7-6-10-19-18(22)24-14-23-2)11-16-12-21(13-20-16)17-8-4-3-5-9-17/h12-13,15,17H,3-11,14H2,1-2H3,(H,19,22). The summed E-state index contributed by atoms with van der Waals surface area (Å²) in [7, 11) is 1.49. The van der Waals surface area contributed by atoms with Crippen molar-refractivity contribution < 1.29 is 14.3 Å². The van der Waals surface area contributed by atoms with Crippen LogP contribution < -0.4 is 5.32 Å². The molecule has 1 atom stereocenters. The number of carbonyl (C=O) groups excluding carboxylic acids is 1. The second-order valence-corrected chi connectivity index (χ2v) is 6.82. The Labute approximate surface area is 144 Å². The second kappa shape index (κ2) is 10.3. The second-order valence-electron chi connectivity index (χ2n) is 6.82. The largest absolute Gasteiger partial charge is 0.422 e. The lowest BCUT2D eigenvalue weighted by Crippen LogP contribution is -2.26. The molecule has 1 heterocycles. The molecule has 2 rings (SSSR count). The van der Waals surface area contributed by atoms with Crippen LogP contribution in [0.2, 0.25) is 0 Å². The van der Waals surface area contributed by atoms with Crippen LogP contribution in [0.3, 0.4) is 0 Å². The molecule has 1 aromatic heterocycles. The summed E-state index contributed by atoms with van der Waals surface area (Å²) in [4.78, 5) is 15.8. The monoisotopic (exact) mass is 337 g/mol. The maximum atomic E-state index is 11.3. The zero-order valence-electron chi connectivity index (χ0n) is 15.0. The van der Waals surface area contributed by atoms with Crippen molar-refractivity contribution >= 4 is 6.09 Å². The minimum absolute atomic E-state index is 0.00805. The van der Waals surface area contributed by atoms with E-state index in [4.69, 9.17) is 4.74 Å². The molecule has 0 saturated heterocycles. The first-order chi connectivity index (χ1) is 11.7. The molecule has 0 aromatic carbocycles. The van der Waals surface area contributed by atoms with Crippen LogP contribution in [0.25, 0.3) is 0 Å². The van der Waals surface area contributed by atoms with Gasteiger partial charge in [-0.15, -0.1) is 0 Å². The lowest BCUT2D eigenvalue weighted by atomic mass is 9.95. The van der Waals surface area contributed by atoms with Crippen LogP contribution in [0.4, 0.5) is 4.79 Å². The smallest absolute Gasteiger partial charge is 0.409 e. The van der Waals surface area contributed by atoms with Gasteiger partial charge in [-0.25, -0.2) is 9.78 Å². The predicted octanol–water partition coefficient (Wildman–Crippen LogP) is 3.68. The van der Waals surface area contributed by atoms with Crippen LogP contribution in [0, 0.1) is 5.92 Å². The Hall–Kier alpha value is -1.56. The van der Waals surface area contributed by atoms with Gasteiger partial charge in [-0.2, -0.15) is 0 Å². The van der Waals surface area contributed by atoms with Crippen LogP contribution >= 0.6 is 0 Å². The molecule has 0 bridgehead atoms. The molecule has 1 amide bonds. The molecule has 0 radical (unpaired) electrons. The molecular formula is C18H31N3O3. The van der Waals surface area contributed by atoms with Crippen molar-refractivity contribution in [3.05, 3.63) is 18.2 Å². The average Bonchev–Trinajstić information content (AvgIpc) is 3.06. The minimum Gasteiger partial charge on any atom is -0.422 e. The van der Waals surface area contributed by atoms with E-state index >= 15 is 0 Å². The fraction of sp³-hybridized carbons (Fsp3) is 0.778. The van der Waals surface area contributed by atoms with Crippen molar-refractivity contribution in [2.75, 3.05) is 20.4 Å². The third-order valence-electron chi connectivity index (χ3n) is 4.66. The van der Waals surface area contributed by atoms with Gasteiger partial charge in [0.05, 0.1) is 12.0 Å². The normalized spacial score (nSPS) is 16.8. The van der Waals surface area contributed by atoms with Crippen molar-refractivity contribution in [2.45, 2.75) is 64.3 Å². The van der Waals surface area contributed by atoms with Crippen LogP contribution in [0.15, 0.2) is 12.5 Å². The fourth-order valence-corrected chi connectivity index (χ4v) is 3.33. The van der Waals surface area contributed by atoms with Gasteiger partial charge in [-0.1, -0.05) is 26.2 Å². The zero-order valence-corrected chi connectivity index (χ0v) is 15.0. The number of imidazole rings is 1. The molecule has 0 aliphatic heterocycles. The van der Waals surface area contributed by atoms with E-state index in [2.05, 4.69) is 32.7 Å². The molecule has 1 aromatic rings. The predicted molar refractivity (Wildman–Crippen MR) is 92.8 cm³/mol. The van der Waals surface area contributed by atoms with Crippen molar-refractivity contribution in [2.24, 2.45) is 5.92 Å². The summed E-state index contributed by atoms with van der Waals surface area (Å²) in [6.07, 6.45) is 13.4. The maximum absolute atomic E-state index is 11.3. The molecule has 6 heteroatoms. The number of hydrogen-bond donors (Lipinski definition) is 1. The van der Waals surface area contributed by atoms with Gasteiger partial charge in [0.15, 0.2) is 6.79 Å². The summed E-state index contributed by atoms with van der Waals surface area (Å²) in [6, 6.07) is 0.651. The molecular weight excluding hydrogens is 306 g/mol. The molecule has 24 heavy (non-hydrogen) atoms. The molecule has 1 aliphatic rings. The van der Waals surface area contributed by atoms with Crippen LogP contribution in [-0.2, 0) is 15.9 Å². The highest BCUT2D eigenvalue weighted by molar-refractivity contribution is 5.66. The van der Waals surface area contributed by atoms with E-state index in [1.165, 1.54) is 44.9 Å². The molecule has 1 saturated carbocycles. The molecule has 1 fully saturated rings. The topological polar surface area (TPSA) is 65.4 Å². The van der Waals surface area contributed by atoms with Gasteiger partial charge in [-0.05, 0) is 38.0 Å². The fourth-order valence-electron chi connectivity index (χ4n) is 3.33. The first kappa shape index (κ1) is 18.8. The van der Waals surface area contributed by atoms with Crippen molar-refractivity contribution in [1.29, 1.82) is 0 Å². The summed E-state index contributed by atoms with van der Waals surface area (Å²) in [5, 5.41) is 2.72. The molecule has 1 aliphatic carbocycles. The van der Waals surface area contributed by atoms with E-state index in [0.29, 0.717) is 18.5 Å². The third kappa shape index (κ3) is 6.51. The number of rotatable bonds is 9. The quantitative estimate of drug-likeness (QED) is 0.551. The number of aromatic nitrogens is 2. The number of nitrogens with one attached hydrogen (secondary N) is 1. The van der Waals surface area contributed by atoms with E-state index in [1.807, 2.05) is 6.33 Å². The summed E-state index contributed by atoms with van der Waals surface area (Å²) >= 11 is 0. The number of carbonyl (C=O) groups is 1. The first-order valence-corrected chi connectivity index (χ1v) is 9.11. The summed E-state index contributed by atoms with van der Waals surface area (Å²) in [5.74, 6) is 0.552.